The van der Waals surface area contributed by atoms with Gasteiger partial charge in [0.2, 0.25) is 5.91 Å². The molecule has 2 rings (SSSR count). The van der Waals surface area contributed by atoms with E-state index in [1.54, 1.807) is 19.1 Å². The highest BCUT2D eigenvalue weighted by Crippen LogP contribution is 2.30. The van der Waals surface area contributed by atoms with E-state index < -0.39 is 17.9 Å². The van der Waals surface area contributed by atoms with Gasteiger partial charge in [-0.25, -0.2) is 4.79 Å². The number of anilines is 1. The molecular weight excluding hydrogens is 262 g/mol. The number of carbonyl (C=O) groups excluding carboxylic acids is 2. The molecule has 0 radical (unpaired) electrons. The molecule has 1 unspecified atom stereocenters. The Bertz CT molecular complexity index is 581. The van der Waals surface area contributed by atoms with E-state index in [1.165, 1.54) is 18.1 Å². The van der Waals surface area contributed by atoms with Crippen LogP contribution in [0.15, 0.2) is 18.2 Å². The third-order valence-corrected chi connectivity index (χ3v) is 3.49. The Labute approximate surface area is 115 Å². The molecule has 1 aromatic rings. The van der Waals surface area contributed by atoms with Crippen molar-refractivity contribution in [1.29, 1.82) is 0 Å². The number of carboxylic acids is 1. The lowest BCUT2D eigenvalue weighted by Gasteiger charge is -2.19. The standard InChI is InChI=1S/C14H15NO5/c1-8-10(13(17)18)4-3-5-11(8)15-7-9(6-12(15)16)14(19)20-2/h3-5,9H,6-7H2,1-2H3,(H,17,18). The number of ether oxygens (including phenoxy) is 1. The van der Waals surface area contributed by atoms with Crippen LogP contribution in [0, 0.1) is 12.8 Å². The normalized spacial score (nSPS) is 18.2. The number of esters is 1. The molecule has 1 amide bonds. The predicted molar refractivity (Wildman–Crippen MR) is 70.6 cm³/mol. The Morgan fingerprint density at radius 1 is 1.40 bits per heavy atom. The second-order valence-corrected chi connectivity index (χ2v) is 4.68. The number of carboxylic acid groups (broad SMARTS) is 1. The molecule has 20 heavy (non-hydrogen) atoms. The minimum absolute atomic E-state index is 0.0867. The van der Waals surface area contributed by atoms with Crippen molar-refractivity contribution in [1.82, 2.24) is 0 Å². The number of carbonyl (C=O) groups is 3. The fraction of sp³-hybridized carbons (Fsp3) is 0.357. The number of benzene rings is 1. The Morgan fingerprint density at radius 3 is 2.70 bits per heavy atom. The van der Waals surface area contributed by atoms with Crippen LogP contribution in [-0.4, -0.2) is 36.6 Å². The molecule has 0 spiro atoms. The molecule has 0 aliphatic carbocycles. The van der Waals surface area contributed by atoms with E-state index in [-0.39, 0.29) is 24.4 Å². The summed E-state index contributed by atoms with van der Waals surface area (Å²) in [5.74, 6) is -2.17. The lowest BCUT2D eigenvalue weighted by atomic mass is 10.1. The third kappa shape index (κ3) is 2.36. The molecule has 1 aliphatic heterocycles. The number of methoxy groups -OCH3 is 1. The summed E-state index contributed by atoms with van der Waals surface area (Å²) in [6.07, 6.45) is 0.0867. The summed E-state index contributed by atoms with van der Waals surface area (Å²) in [7, 11) is 1.28. The molecule has 1 atom stereocenters. The summed E-state index contributed by atoms with van der Waals surface area (Å²) in [6.45, 7) is 1.87. The van der Waals surface area contributed by atoms with Crippen LogP contribution in [0.1, 0.15) is 22.3 Å². The van der Waals surface area contributed by atoms with Crippen LogP contribution in [0.25, 0.3) is 0 Å². The van der Waals surface area contributed by atoms with Gasteiger partial charge in [-0.15, -0.1) is 0 Å². The Kier molecular flexibility index (Phi) is 3.74. The van der Waals surface area contributed by atoms with Crippen molar-refractivity contribution in [2.24, 2.45) is 5.92 Å². The molecule has 1 aliphatic rings. The van der Waals surface area contributed by atoms with Crippen LogP contribution in [0.2, 0.25) is 0 Å². The zero-order chi connectivity index (χ0) is 14.9. The Morgan fingerprint density at radius 2 is 2.10 bits per heavy atom. The fourth-order valence-electron chi connectivity index (χ4n) is 2.41. The van der Waals surface area contributed by atoms with Crippen molar-refractivity contribution in [3.05, 3.63) is 29.3 Å². The molecule has 1 saturated heterocycles. The van der Waals surface area contributed by atoms with Crippen molar-refractivity contribution in [2.75, 3.05) is 18.6 Å². The van der Waals surface area contributed by atoms with E-state index in [4.69, 9.17) is 5.11 Å². The SMILES string of the molecule is COC(=O)C1CC(=O)N(c2cccc(C(=O)O)c2C)C1. The smallest absolute Gasteiger partial charge is 0.336 e. The van der Waals surface area contributed by atoms with Gasteiger partial charge in [-0.3, -0.25) is 9.59 Å². The highest BCUT2D eigenvalue weighted by atomic mass is 16.5. The van der Waals surface area contributed by atoms with Gasteiger partial charge in [0.1, 0.15) is 0 Å². The van der Waals surface area contributed by atoms with E-state index >= 15 is 0 Å². The highest BCUT2D eigenvalue weighted by Gasteiger charge is 2.36. The fourth-order valence-corrected chi connectivity index (χ4v) is 2.41. The van der Waals surface area contributed by atoms with Crippen LogP contribution in [0.5, 0.6) is 0 Å². The third-order valence-electron chi connectivity index (χ3n) is 3.49. The highest BCUT2D eigenvalue weighted by molar-refractivity contribution is 6.01. The number of amides is 1. The first-order valence-corrected chi connectivity index (χ1v) is 6.16. The van der Waals surface area contributed by atoms with E-state index in [0.29, 0.717) is 11.3 Å². The van der Waals surface area contributed by atoms with Crippen molar-refractivity contribution >= 4 is 23.5 Å². The molecule has 0 bridgehead atoms. The maximum Gasteiger partial charge on any atom is 0.336 e. The second kappa shape index (κ2) is 5.32. The maximum absolute atomic E-state index is 12.0. The molecule has 0 aromatic heterocycles. The lowest BCUT2D eigenvalue weighted by Crippen LogP contribution is -2.27. The molecule has 6 nitrogen and oxygen atoms in total. The van der Waals surface area contributed by atoms with Crippen LogP contribution < -0.4 is 4.90 Å². The zero-order valence-electron chi connectivity index (χ0n) is 11.3. The Balaban J connectivity index is 2.33. The maximum atomic E-state index is 12.0. The molecule has 1 N–H and O–H groups in total. The molecule has 106 valence electrons. The van der Waals surface area contributed by atoms with Gasteiger partial charge in [-0.2, -0.15) is 0 Å². The molecule has 6 heteroatoms. The first-order valence-electron chi connectivity index (χ1n) is 6.16. The summed E-state index contributed by atoms with van der Waals surface area (Å²) < 4.78 is 4.65. The number of rotatable bonds is 3. The quantitative estimate of drug-likeness (QED) is 0.840. The minimum Gasteiger partial charge on any atom is -0.478 e. The van der Waals surface area contributed by atoms with Gasteiger partial charge in [-0.05, 0) is 24.6 Å². The van der Waals surface area contributed by atoms with Gasteiger partial charge in [0.05, 0.1) is 18.6 Å². The second-order valence-electron chi connectivity index (χ2n) is 4.68. The van der Waals surface area contributed by atoms with Crippen LogP contribution in [-0.2, 0) is 14.3 Å². The summed E-state index contributed by atoms with van der Waals surface area (Å²) in [6, 6.07) is 4.75. The van der Waals surface area contributed by atoms with E-state index in [1.807, 2.05) is 0 Å². The lowest BCUT2D eigenvalue weighted by molar-refractivity contribution is -0.145. The molecular formula is C14H15NO5. The van der Waals surface area contributed by atoms with Gasteiger partial charge in [0.25, 0.3) is 0 Å². The molecule has 0 saturated carbocycles. The van der Waals surface area contributed by atoms with Crippen molar-refractivity contribution < 1.29 is 24.2 Å². The minimum atomic E-state index is -1.04. The summed E-state index contributed by atoms with van der Waals surface area (Å²) in [5.41, 5.74) is 1.19. The van der Waals surface area contributed by atoms with Crippen molar-refractivity contribution in [3.63, 3.8) is 0 Å². The van der Waals surface area contributed by atoms with Crippen molar-refractivity contribution in [3.8, 4) is 0 Å². The average Bonchev–Trinajstić information content (AvgIpc) is 2.79. The van der Waals surface area contributed by atoms with Crippen LogP contribution in [0.3, 0.4) is 0 Å². The van der Waals surface area contributed by atoms with Crippen molar-refractivity contribution in [2.45, 2.75) is 13.3 Å². The van der Waals surface area contributed by atoms with Gasteiger partial charge < -0.3 is 14.7 Å². The predicted octanol–water partition coefficient (Wildman–Crippen LogP) is 1.22. The van der Waals surface area contributed by atoms with Gasteiger partial charge in [0.15, 0.2) is 0 Å². The van der Waals surface area contributed by atoms with E-state index in [2.05, 4.69) is 4.74 Å². The first-order chi connectivity index (χ1) is 9.45. The van der Waals surface area contributed by atoms with Crippen LogP contribution >= 0.6 is 0 Å². The molecule has 1 heterocycles. The van der Waals surface area contributed by atoms with Gasteiger partial charge in [-0.1, -0.05) is 6.07 Å². The topological polar surface area (TPSA) is 83.9 Å². The number of nitrogens with zero attached hydrogens (tertiary/aromatic N) is 1. The monoisotopic (exact) mass is 277 g/mol. The number of hydrogen-bond acceptors (Lipinski definition) is 4. The average molecular weight is 277 g/mol. The summed E-state index contributed by atoms with van der Waals surface area (Å²) in [4.78, 5) is 36.1. The largest absolute Gasteiger partial charge is 0.478 e. The zero-order valence-corrected chi connectivity index (χ0v) is 11.3. The summed E-state index contributed by atoms with van der Waals surface area (Å²) in [5, 5.41) is 9.10. The van der Waals surface area contributed by atoms with E-state index in [0.717, 1.165) is 0 Å². The van der Waals surface area contributed by atoms with E-state index in [9.17, 15) is 14.4 Å². The Hall–Kier alpha value is -2.37. The van der Waals surface area contributed by atoms with Crippen LogP contribution in [0.4, 0.5) is 5.69 Å². The van der Waals surface area contributed by atoms with Gasteiger partial charge in [0, 0.05) is 18.7 Å². The number of aromatic carboxylic acids is 1. The van der Waals surface area contributed by atoms with Gasteiger partial charge >= 0.3 is 11.9 Å². The summed E-state index contributed by atoms with van der Waals surface area (Å²) >= 11 is 0. The molecule has 1 fully saturated rings. The molecule has 1 aromatic carbocycles. The number of hydrogen-bond donors (Lipinski definition) is 1. The first kappa shape index (κ1) is 14.0.